The van der Waals surface area contributed by atoms with Crippen molar-refractivity contribution in [2.45, 2.75) is 39.3 Å². The van der Waals surface area contributed by atoms with Gasteiger partial charge in [0.15, 0.2) is 0 Å². The van der Waals surface area contributed by atoms with Crippen molar-refractivity contribution in [3.05, 3.63) is 79.2 Å². The molecule has 180 valence electrons. The predicted molar refractivity (Wildman–Crippen MR) is 131 cm³/mol. The Labute approximate surface area is 201 Å². The Morgan fingerprint density at radius 1 is 1.24 bits per heavy atom. The highest BCUT2D eigenvalue weighted by atomic mass is 35.5. The zero-order chi connectivity index (χ0) is 24.4. The standard InChI is InChI=1S/C25H28ClFN4O3/c1-15(2)7-9-30-10-8-18(14-30)28-23(32)19-11-16(3-5-21(19)26)13-31-22-6-4-17(27)12-20(22)24(33)29-25(31)34/h3-6,11-12,15,18H,7-10,13-14H2,1-2H3,(H,28,32)(H,29,33,34). The first kappa shape index (κ1) is 24.2. The molecule has 2 aromatic carbocycles. The van der Waals surface area contributed by atoms with Gasteiger partial charge in [0.25, 0.3) is 11.5 Å². The lowest BCUT2D eigenvalue weighted by Gasteiger charge is -2.18. The van der Waals surface area contributed by atoms with Crippen molar-refractivity contribution in [2.24, 2.45) is 5.92 Å². The quantitative estimate of drug-likeness (QED) is 0.536. The van der Waals surface area contributed by atoms with Gasteiger partial charge in [-0.15, -0.1) is 0 Å². The molecule has 1 atom stereocenters. The lowest BCUT2D eigenvalue weighted by molar-refractivity contribution is 0.0937. The second kappa shape index (κ2) is 10.1. The molecule has 0 saturated carbocycles. The van der Waals surface area contributed by atoms with E-state index in [0.717, 1.165) is 38.5 Å². The van der Waals surface area contributed by atoms with Gasteiger partial charge in [-0.1, -0.05) is 31.5 Å². The first-order valence-electron chi connectivity index (χ1n) is 11.5. The third-order valence-corrected chi connectivity index (χ3v) is 6.54. The molecule has 1 amide bonds. The first-order valence-corrected chi connectivity index (χ1v) is 11.8. The number of aromatic amines is 1. The van der Waals surface area contributed by atoms with E-state index in [0.29, 0.717) is 27.6 Å². The molecule has 34 heavy (non-hydrogen) atoms. The van der Waals surface area contributed by atoms with Gasteiger partial charge in [-0.05, 0) is 61.2 Å². The Morgan fingerprint density at radius 3 is 2.79 bits per heavy atom. The fourth-order valence-corrected chi connectivity index (χ4v) is 4.51. The summed E-state index contributed by atoms with van der Waals surface area (Å²) in [5, 5.41) is 3.47. The number of nitrogens with zero attached hydrogens (tertiary/aromatic N) is 2. The molecule has 1 fully saturated rings. The second-order valence-electron chi connectivity index (χ2n) is 9.26. The SMILES string of the molecule is CC(C)CCN1CCC(NC(=O)c2cc(Cn3c(=O)[nH]c(=O)c4cc(F)ccc43)ccc2Cl)C1. The molecule has 1 aliphatic rings. The molecule has 0 bridgehead atoms. The molecule has 0 aliphatic carbocycles. The van der Waals surface area contributed by atoms with Crippen molar-refractivity contribution in [3.63, 3.8) is 0 Å². The molecule has 3 aromatic rings. The number of aromatic nitrogens is 2. The van der Waals surface area contributed by atoms with Crippen molar-refractivity contribution in [1.29, 1.82) is 0 Å². The van der Waals surface area contributed by atoms with E-state index >= 15 is 0 Å². The number of hydrogen-bond donors (Lipinski definition) is 2. The predicted octanol–water partition coefficient (Wildman–Crippen LogP) is 3.38. The summed E-state index contributed by atoms with van der Waals surface area (Å²) in [6, 6.07) is 8.73. The molecule has 7 nitrogen and oxygen atoms in total. The summed E-state index contributed by atoms with van der Waals surface area (Å²) in [5.41, 5.74) is 0.0268. The van der Waals surface area contributed by atoms with Gasteiger partial charge in [0, 0.05) is 19.1 Å². The van der Waals surface area contributed by atoms with E-state index in [1.165, 1.54) is 16.7 Å². The summed E-state index contributed by atoms with van der Waals surface area (Å²) in [6.45, 7) is 7.27. The fourth-order valence-electron chi connectivity index (χ4n) is 4.31. The molecule has 1 unspecified atom stereocenters. The molecule has 0 spiro atoms. The van der Waals surface area contributed by atoms with Crippen LogP contribution in [0.15, 0.2) is 46.0 Å². The van der Waals surface area contributed by atoms with Crippen LogP contribution in [0.3, 0.4) is 0 Å². The molecule has 2 N–H and O–H groups in total. The maximum Gasteiger partial charge on any atom is 0.329 e. The minimum absolute atomic E-state index is 0.0556. The number of likely N-dealkylation sites (tertiary alicyclic amines) is 1. The summed E-state index contributed by atoms with van der Waals surface area (Å²) in [6.07, 6.45) is 2.01. The monoisotopic (exact) mass is 486 g/mol. The summed E-state index contributed by atoms with van der Waals surface area (Å²) >= 11 is 6.33. The van der Waals surface area contributed by atoms with Crippen LogP contribution in [0, 0.1) is 11.7 Å². The van der Waals surface area contributed by atoms with Crippen molar-refractivity contribution >= 4 is 28.4 Å². The summed E-state index contributed by atoms with van der Waals surface area (Å²) in [4.78, 5) is 42.2. The van der Waals surface area contributed by atoms with Crippen LogP contribution in [0.2, 0.25) is 5.02 Å². The average Bonchev–Trinajstić information content (AvgIpc) is 3.23. The Balaban J connectivity index is 1.53. The third-order valence-electron chi connectivity index (χ3n) is 6.21. The van der Waals surface area contributed by atoms with E-state index < -0.39 is 17.1 Å². The summed E-state index contributed by atoms with van der Waals surface area (Å²) in [5.74, 6) is -0.187. The van der Waals surface area contributed by atoms with Crippen LogP contribution in [-0.2, 0) is 6.54 Å². The lowest BCUT2D eigenvalue weighted by Crippen LogP contribution is -2.37. The van der Waals surface area contributed by atoms with Gasteiger partial charge in [0.05, 0.1) is 28.0 Å². The molecule has 1 saturated heterocycles. The molecule has 1 aliphatic heterocycles. The molecule has 0 radical (unpaired) electrons. The number of hydrogen-bond acceptors (Lipinski definition) is 4. The maximum atomic E-state index is 13.6. The fraction of sp³-hybridized carbons (Fsp3) is 0.400. The zero-order valence-electron chi connectivity index (χ0n) is 19.2. The van der Waals surface area contributed by atoms with Gasteiger partial charge in [-0.25, -0.2) is 9.18 Å². The Morgan fingerprint density at radius 2 is 2.03 bits per heavy atom. The van der Waals surface area contributed by atoms with E-state index in [1.54, 1.807) is 18.2 Å². The smallest absolute Gasteiger partial charge is 0.329 e. The van der Waals surface area contributed by atoms with Gasteiger partial charge >= 0.3 is 5.69 Å². The third kappa shape index (κ3) is 5.39. The van der Waals surface area contributed by atoms with E-state index in [9.17, 15) is 18.8 Å². The van der Waals surface area contributed by atoms with Gasteiger partial charge in [0.2, 0.25) is 0 Å². The van der Waals surface area contributed by atoms with E-state index in [4.69, 9.17) is 11.6 Å². The summed E-state index contributed by atoms with van der Waals surface area (Å²) in [7, 11) is 0. The summed E-state index contributed by atoms with van der Waals surface area (Å²) < 4.78 is 15.0. The number of nitrogens with one attached hydrogen (secondary N) is 2. The van der Waals surface area contributed by atoms with E-state index in [2.05, 4.69) is 29.0 Å². The van der Waals surface area contributed by atoms with Crippen LogP contribution in [0.5, 0.6) is 0 Å². The van der Waals surface area contributed by atoms with Crippen LogP contribution in [-0.4, -0.2) is 46.0 Å². The van der Waals surface area contributed by atoms with Crippen LogP contribution in [0.25, 0.3) is 10.9 Å². The molecule has 1 aromatic heterocycles. The van der Waals surface area contributed by atoms with Crippen LogP contribution in [0.4, 0.5) is 4.39 Å². The molecular weight excluding hydrogens is 459 g/mol. The van der Waals surface area contributed by atoms with Crippen molar-refractivity contribution in [2.75, 3.05) is 19.6 Å². The van der Waals surface area contributed by atoms with Crippen molar-refractivity contribution in [1.82, 2.24) is 19.8 Å². The molecule has 4 rings (SSSR count). The second-order valence-corrected chi connectivity index (χ2v) is 9.67. The topological polar surface area (TPSA) is 87.2 Å². The number of rotatable bonds is 7. The minimum Gasteiger partial charge on any atom is -0.348 e. The highest BCUT2D eigenvalue weighted by Crippen LogP contribution is 2.20. The number of fused-ring (bicyclic) bond motifs is 1. The van der Waals surface area contributed by atoms with E-state index in [1.807, 2.05) is 0 Å². The van der Waals surface area contributed by atoms with Gasteiger partial charge in [0.1, 0.15) is 5.82 Å². The number of amides is 1. The normalized spacial score (nSPS) is 16.4. The zero-order valence-corrected chi connectivity index (χ0v) is 20.0. The largest absolute Gasteiger partial charge is 0.348 e. The number of carbonyl (C=O) groups excluding carboxylic acids is 1. The molecule has 9 heteroatoms. The van der Waals surface area contributed by atoms with Crippen LogP contribution in [0.1, 0.15) is 42.6 Å². The Kier molecular flexibility index (Phi) is 7.19. The maximum absolute atomic E-state index is 13.6. The van der Waals surface area contributed by atoms with Gasteiger partial charge in [-0.2, -0.15) is 0 Å². The number of H-pyrrole nitrogens is 1. The van der Waals surface area contributed by atoms with E-state index in [-0.39, 0.29) is 23.9 Å². The minimum atomic E-state index is -0.647. The van der Waals surface area contributed by atoms with Crippen molar-refractivity contribution < 1.29 is 9.18 Å². The van der Waals surface area contributed by atoms with Crippen LogP contribution >= 0.6 is 11.6 Å². The number of halogens is 2. The molecule has 2 heterocycles. The Bertz CT molecular complexity index is 1330. The van der Waals surface area contributed by atoms with Gasteiger partial charge in [-0.3, -0.25) is 19.1 Å². The molecular formula is C25H28ClFN4O3. The van der Waals surface area contributed by atoms with Crippen molar-refractivity contribution in [3.8, 4) is 0 Å². The lowest BCUT2D eigenvalue weighted by atomic mass is 10.1. The van der Waals surface area contributed by atoms with Gasteiger partial charge < -0.3 is 10.2 Å². The highest BCUT2D eigenvalue weighted by molar-refractivity contribution is 6.33. The average molecular weight is 487 g/mol. The highest BCUT2D eigenvalue weighted by Gasteiger charge is 2.25. The van der Waals surface area contributed by atoms with Crippen LogP contribution < -0.4 is 16.6 Å². The first-order chi connectivity index (χ1) is 16.2. The number of carbonyl (C=O) groups is 1. The Hall–Kier alpha value is -2.97. The number of benzene rings is 2.